The van der Waals surface area contributed by atoms with E-state index in [1.807, 2.05) is 5.32 Å². The molecule has 3 N–H and O–H groups in total. The molecule has 0 aliphatic rings. The van der Waals surface area contributed by atoms with Crippen LogP contribution in [0.15, 0.2) is 30.3 Å². The standard InChI is InChI=1S/C18H17F3N2O4/c1-9-5-4-6-10(2)15(9)22-17(26)23-16(25)11-7-13(24)14(27-3)8-12(11)18(19,20)21/h4-8,24H,1-3H3,(H2,22,23,25,26). The molecular weight excluding hydrogens is 365 g/mol. The Hall–Kier alpha value is -3.23. The normalized spacial score (nSPS) is 11.0. The van der Waals surface area contributed by atoms with Crippen LogP contribution in [0.4, 0.5) is 23.7 Å². The van der Waals surface area contributed by atoms with Crippen LogP contribution >= 0.6 is 0 Å². The van der Waals surface area contributed by atoms with E-state index in [0.29, 0.717) is 17.8 Å². The molecule has 2 aromatic rings. The molecule has 2 rings (SSSR count). The molecule has 0 fully saturated rings. The molecule has 2 aromatic carbocycles. The molecule has 0 atom stereocenters. The molecule has 144 valence electrons. The fourth-order valence-corrected chi connectivity index (χ4v) is 2.48. The van der Waals surface area contributed by atoms with Gasteiger partial charge in [-0.2, -0.15) is 13.2 Å². The highest BCUT2D eigenvalue weighted by Crippen LogP contribution is 2.38. The van der Waals surface area contributed by atoms with Gasteiger partial charge in [0.1, 0.15) is 0 Å². The molecule has 0 saturated heterocycles. The summed E-state index contributed by atoms with van der Waals surface area (Å²) in [4.78, 5) is 24.3. The van der Waals surface area contributed by atoms with Crippen molar-refractivity contribution in [1.29, 1.82) is 0 Å². The molecule has 3 amide bonds. The first kappa shape index (κ1) is 20.1. The molecule has 0 unspecified atom stereocenters. The van der Waals surface area contributed by atoms with E-state index in [2.05, 4.69) is 10.1 Å². The third-order valence-electron chi connectivity index (χ3n) is 3.82. The number of para-hydroxylation sites is 1. The number of aryl methyl sites for hydroxylation is 2. The van der Waals surface area contributed by atoms with E-state index >= 15 is 0 Å². The summed E-state index contributed by atoms with van der Waals surface area (Å²) in [5.41, 5.74) is -0.366. The van der Waals surface area contributed by atoms with Crippen molar-refractivity contribution >= 4 is 17.6 Å². The van der Waals surface area contributed by atoms with E-state index in [9.17, 15) is 27.9 Å². The van der Waals surface area contributed by atoms with Crippen LogP contribution < -0.4 is 15.4 Å². The molecule has 0 aliphatic heterocycles. The Kier molecular flexibility index (Phi) is 5.63. The Morgan fingerprint density at radius 3 is 2.22 bits per heavy atom. The van der Waals surface area contributed by atoms with Gasteiger partial charge in [0.05, 0.1) is 18.2 Å². The number of aromatic hydroxyl groups is 1. The van der Waals surface area contributed by atoms with Gasteiger partial charge < -0.3 is 15.2 Å². The van der Waals surface area contributed by atoms with E-state index < -0.39 is 40.7 Å². The summed E-state index contributed by atoms with van der Waals surface area (Å²) in [6, 6.07) is 5.33. The van der Waals surface area contributed by atoms with Crippen LogP contribution in [0, 0.1) is 13.8 Å². The highest BCUT2D eigenvalue weighted by molar-refractivity contribution is 6.09. The number of imide groups is 1. The van der Waals surface area contributed by atoms with Crippen LogP contribution in [0.1, 0.15) is 27.0 Å². The van der Waals surface area contributed by atoms with Crippen LogP contribution in [0.5, 0.6) is 11.5 Å². The summed E-state index contributed by atoms with van der Waals surface area (Å²) in [5.74, 6) is -2.42. The van der Waals surface area contributed by atoms with Crippen molar-refractivity contribution < 1.29 is 32.6 Å². The van der Waals surface area contributed by atoms with Crippen molar-refractivity contribution in [2.24, 2.45) is 0 Å². The van der Waals surface area contributed by atoms with Gasteiger partial charge in [0, 0.05) is 5.69 Å². The lowest BCUT2D eigenvalue weighted by Gasteiger charge is -2.16. The molecule has 0 radical (unpaired) electrons. The number of phenols is 1. The van der Waals surface area contributed by atoms with Gasteiger partial charge in [-0.05, 0) is 37.1 Å². The van der Waals surface area contributed by atoms with Crippen LogP contribution in [-0.2, 0) is 6.18 Å². The van der Waals surface area contributed by atoms with Crippen LogP contribution in [-0.4, -0.2) is 24.2 Å². The lowest BCUT2D eigenvalue weighted by Crippen LogP contribution is -2.35. The number of phenolic OH excluding ortho intramolecular Hbond substituents is 1. The number of alkyl halides is 3. The highest BCUT2D eigenvalue weighted by Gasteiger charge is 2.37. The number of hydrogen-bond acceptors (Lipinski definition) is 4. The average molecular weight is 382 g/mol. The Balaban J connectivity index is 2.30. The second-order valence-corrected chi connectivity index (χ2v) is 5.74. The molecule has 27 heavy (non-hydrogen) atoms. The molecule has 0 bridgehead atoms. The Morgan fingerprint density at radius 2 is 1.70 bits per heavy atom. The van der Waals surface area contributed by atoms with Crippen molar-refractivity contribution in [2.45, 2.75) is 20.0 Å². The number of urea groups is 1. The maximum Gasteiger partial charge on any atom is 0.417 e. The minimum absolute atomic E-state index is 0.441. The summed E-state index contributed by atoms with van der Waals surface area (Å²) in [6.07, 6.45) is -4.89. The predicted molar refractivity (Wildman–Crippen MR) is 92.1 cm³/mol. The third-order valence-corrected chi connectivity index (χ3v) is 3.82. The maximum atomic E-state index is 13.2. The lowest BCUT2D eigenvalue weighted by atomic mass is 10.0. The number of carbonyl (C=O) groups is 2. The van der Waals surface area contributed by atoms with Gasteiger partial charge in [-0.25, -0.2) is 4.79 Å². The van der Waals surface area contributed by atoms with E-state index in [4.69, 9.17) is 0 Å². The zero-order valence-corrected chi connectivity index (χ0v) is 14.7. The number of rotatable bonds is 3. The van der Waals surface area contributed by atoms with Crippen LogP contribution in [0.2, 0.25) is 0 Å². The smallest absolute Gasteiger partial charge is 0.417 e. The van der Waals surface area contributed by atoms with Crippen molar-refractivity contribution in [3.8, 4) is 11.5 Å². The lowest BCUT2D eigenvalue weighted by molar-refractivity contribution is -0.138. The molecule has 0 heterocycles. The second kappa shape index (κ2) is 7.56. The minimum Gasteiger partial charge on any atom is -0.504 e. The van der Waals surface area contributed by atoms with Crippen molar-refractivity contribution in [3.05, 3.63) is 52.6 Å². The van der Waals surface area contributed by atoms with E-state index in [0.717, 1.165) is 18.2 Å². The van der Waals surface area contributed by atoms with Crippen molar-refractivity contribution in [2.75, 3.05) is 12.4 Å². The Labute approximate surface area is 153 Å². The van der Waals surface area contributed by atoms with Crippen LogP contribution in [0.3, 0.4) is 0 Å². The SMILES string of the molecule is COc1cc(C(F)(F)F)c(C(=O)NC(=O)Nc2c(C)cccc2C)cc1O. The monoisotopic (exact) mass is 382 g/mol. The van der Waals surface area contributed by atoms with Crippen molar-refractivity contribution in [1.82, 2.24) is 5.32 Å². The first-order valence-electron chi connectivity index (χ1n) is 7.71. The first-order chi connectivity index (χ1) is 12.5. The summed E-state index contributed by atoms with van der Waals surface area (Å²) >= 11 is 0. The predicted octanol–water partition coefficient (Wildman–Crippen LogP) is 4.00. The largest absolute Gasteiger partial charge is 0.504 e. The van der Waals surface area contributed by atoms with Gasteiger partial charge in [-0.3, -0.25) is 10.1 Å². The van der Waals surface area contributed by atoms with Gasteiger partial charge in [0.25, 0.3) is 5.91 Å². The molecule has 9 heteroatoms. The topological polar surface area (TPSA) is 87.7 Å². The van der Waals surface area contributed by atoms with E-state index in [1.165, 1.54) is 0 Å². The van der Waals surface area contributed by atoms with E-state index in [1.54, 1.807) is 32.0 Å². The molecular formula is C18H17F3N2O4. The van der Waals surface area contributed by atoms with Gasteiger partial charge in [-0.15, -0.1) is 0 Å². The number of halogens is 3. The molecule has 0 spiro atoms. The van der Waals surface area contributed by atoms with E-state index in [-0.39, 0.29) is 0 Å². The summed E-state index contributed by atoms with van der Waals surface area (Å²) in [7, 11) is 1.08. The number of benzene rings is 2. The number of anilines is 1. The molecule has 6 nitrogen and oxygen atoms in total. The van der Waals surface area contributed by atoms with Crippen molar-refractivity contribution in [3.63, 3.8) is 0 Å². The maximum absolute atomic E-state index is 13.2. The number of ether oxygens (including phenoxy) is 1. The number of amides is 3. The molecule has 0 aromatic heterocycles. The molecule has 0 aliphatic carbocycles. The fourth-order valence-electron chi connectivity index (χ4n) is 2.48. The van der Waals surface area contributed by atoms with Gasteiger partial charge in [-0.1, -0.05) is 18.2 Å². The molecule has 0 saturated carbocycles. The summed E-state index contributed by atoms with van der Waals surface area (Å²) < 4.78 is 44.3. The number of nitrogens with one attached hydrogen (secondary N) is 2. The Morgan fingerprint density at radius 1 is 1.11 bits per heavy atom. The summed E-state index contributed by atoms with van der Waals surface area (Å²) in [6.45, 7) is 3.46. The average Bonchev–Trinajstić information content (AvgIpc) is 2.57. The third kappa shape index (κ3) is 4.49. The highest BCUT2D eigenvalue weighted by atomic mass is 19.4. The second-order valence-electron chi connectivity index (χ2n) is 5.74. The quantitative estimate of drug-likeness (QED) is 0.749. The first-order valence-corrected chi connectivity index (χ1v) is 7.71. The number of hydrogen-bond donors (Lipinski definition) is 3. The zero-order chi connectivity index (χ0) is 20.4. The minimum atomic E-state index is -4.89. The van der Waals surface area contributed by atoms with Gasteiger partial charge in [0.15, 0.2) is 11.5 Å². The van der Waals surface area contributed by atoms with Crippen LogP contribution in [0.25, 0.3) is 0 Å². The fraction of sp³-hybridized carbons (Fsp3) is 0.222. The zero-order valence-electron chi connectivity index (χ0n) is 14.7. The number of carbonyl (C=O) groups excluding carboxylic acids is 2. The Bertz CT molecular complexity index is 875. The van der Waals surface area contributed by atoms with Gasteiger partial charge >= 0.3 is 12.2 Å². The van der Waals surface area contributed by atoms with Gasteiger partial charge in [0.2, 0.25) is 0 Å². The number of methoxy groups -OCH3 is 1. The summed E-state index contributed by atoms with van der Waals surface area (Å²) in [5, 5.41) is 14.0.